The van der Waals surface area contributed by atoms with Crippen molar-refractivity contribution in [1.82, 2.24) is 34.1 Å². The number of rotatable bonds is 5. The Morgan fingerprint density at radius 2 is 1.47 bits per heavy atom. The summed E-state index contributed by atoms with van der Waals surface area (Å²) in [6, 6.07) is 33.9. The maximum absolute atomic E-state index is 5.18. The molecule has 0 bridgehead atoms. The summed E-state index contributed by atoms with van der Waals surface area (Å²) in [5.74, 6) is 2.06. The van der Waals surface area contributed by atoms with Crippen LogP contribution in [0.3, 0.4) is 0 Å². The molecule has 0 radical (unpaired) electrons. The van der Waals surface area contributed by atoms with Crippen LogP contribution in [-0.2, 0) is 5.41 Å². The molecule has 9 rings (SSSR count). The van der Waals surface area contributed by atoms with Crippen molar-refractivity contribution in [3.8, 4) is 17.2 Å². The highest BCUT2D eigenvalue weighted by atomic mass is 15.3. The Morgan fingerprint density at radius 1 is 0.673 bits per heavy atom. The monoisotopic (exact) mass is 637 g/mol. The first-order valence-corrected chi connectivity index (χ1v) is 16.8. The highest BCUT2D eigenvalue weighted by Gasteiger charge is 2.29. The number of pyridine rings is 4. The lowest BCUT2D eigenvalue weighted by Gasteiger charge is -2.25. The lowest BCUT2D eigenvalue weighted by Crippen LogP contribution is -2.21. The largest absolute Gasteiger partial charge is 0.294 e. The van der Waals surface area contributed by atoms with E-state index in [4.69, 9.17) is 25.1 Å². The topological polar surface area (TPSA) is 73.8 Å². The number of fused-ring (bicyclic) bond motifs is 9. The number of aryl methyl sites for hydroxylation is 1. The normalized spacial score (nSPS) is 12.4. The Bertz CT molecular complexity index is 2740. The highest BCUT2D eigenvalue weighted by molar-refractivity contribution is 6.12. The molecule has 0 atom stereocenters. The Labute approximate surface area is 283 Å². The van der Waals surface area contributed by atoms with Gasteiger partial charge in [0.25, 0.3) is 0 Å². The van der Waals surface area contributed by atoms with Crippen LogP contribution >= 0.6 is 0 Å². The van der Waals surface area contributed by atoms with E-state index < -0.39 is 5.41 Å². The smallest absolute Gasteiger partial charge is 0.171 e. The molecule has 0 saturated heterocycles. The number of nitrogens with zero attached hydrogens (tertiary/aromatic N) is 7. The van der Waals surface area contributed by atoms with Gasteiger partial charge in [0, 0.05) is 51.1 Å². The fraction of sp³-hybridized carbons (Fsp3) is 0.167. The quantitative estimate of drug-likeness (QED) is 0.176. The van der Waals surface area contributed by atoms with Crippen LogP contribution in [0.1, 0.15) is 56.0 Å². The molecule has 0 fully saturated rings. The molecule has 0 N–H and O–H groups in total. The lowest BCUT2D eigenvalue weighted by molar-refractivity contribution is 0.616. The molecule has 7 nitrogen and oxygen atoms in total. The minimum Gasteiger partial charge on any atom is -0.294 e. The SMILES string of the molecule is Cc1cccc2c1c1ncc(C(C)(C)c3cc4c(cn3)c3ccccc3n4-c3ccccn3)cc1c1nnc(-c3ccccc3C(C)C)n21. The van der Waals surface area contributed by atoms with Crippen LogP contribution in [-0.4, -0.2) is 34.1 Å². The zero-order valence-corrected chi connectivity index (χ0v) is 28.2. The molecule has 0 amide bonds. The number of benzene rings is 3. The second-order valence-electron chi connectivity index (χ2n) is 13.8. The van der Waals surface area contributed by atoms with Gasteiger partial charge in [0.2, 0.25) is 0 Å². The van der Waals surface area contributed by atoms with E-state index in [-0.39, 0.29) is 0 Å². The van der Waals surface area contributed by atoms with Gasteiger partial charge in [-0.05, 0) is 65.9 Å². The second-order valence-corrected chi connectivity index (χ2v) is 13.8. The Kier molecular flexibility index (Phi) is 6.43. The summed E-state index contributed by atoms with van der Waals surface area (Å²) in [4.78, 5) is 15.0. The van der Waals surface area contributed by atoms with Crippen molar-refractivity contribution < 1.29 is 0 Å². The maximum atomic E-state index is 5.18. The molecule has 6 heterocycles. The zero-order chi connectivity index (χ0) is 33.4. The van der Waals surface area contributed by atoms with E-state index in [9.17, 15) is 0 Å². The van der Waals surface area contributed by atoms with Crippen molar-refractivity contribution in [2.24, 2.45) is 0 Å². The predicted octanol–water partition coefficient (Wildman–Crippen LogP) is 9.74. The molecule has 7 heteroatoms. The Hall–Kier alpha value is -5.95. The predicted molar refractivity (Wildman–Crippen MR) is 199 cm³/mol. The average Bonchev–Trinajstić information content (AvgIpc) is 3.72. The minimum atomic E-state index is -0.481. The fourth-order valence-corrected chi connectivity index (χ4v) is 7.47. The van der Waals surface area contributed by atoms with Crippen LogP contribution in [0.15, 0.2) is 116 Å². The summed E-state index contributed by atoms with van der Waals surface area (Å²) in [6.45, 7) is 11.0. The van der Waals surface area contributed by atoms with Gasteiger partial charge in [-0.3, -0.25) is 18.9 Å². The molecule has 6 aromatic heterocycles. The second kappa shape index (κ2) is 10.8. The van der Waals surface area contributed by atoms with Gasteiger partial charge in [-0.1, -0.05) is 88.4 Å². The van der Waals surface area contributed by atoms with Crippen LogP contribution in [0.4, 0.5) is 0 Å². The Morgan fingerprint density at radius 3 is 2.31 bits per heavy atom. The number of hydrogen-bond donors (Lipinski definition) is 0. The van der Waals surface area contributed by atoms with Gasteiger partial charge in [-0.25, -0.2) is 4.98 Å². The van der Waals surface area contributed by atoms with Gasteiger partial charge in [0.05, 0.1) is 27.8 Å². The molecule has 0 spiro atoms. The molecular weight excluding hydrogens is 603 g/mol. The first-order chi connectivity index (χ1) is 23.8. The zero-order valence-electron chi connectivity index (χ0n) is 28.2. The van der Waals surface area contributed by atoms with E-state index in [0.29, 0.717) is 5.92 Å². The molecule has 3 aromatic carbocycles. The van der Waals surface area contributed by atoms with Crippen LogP contribution < -0.4 is 0 Å². The molecule has 0 aliphatic rings. The van der Waals surface area contributed by atoms with Crippen molar-refractivity contribution >= 4 is 49.3 Å². The number of hydrogen-bond acceptors (Lipinski definition) is 5. The van der Waals surface area contributed by atoms with E-state index in [1.807, 2.05) is 36.8 Å². The molecular formula is C42H35N7. The van der Waals surface area contributed by atoms with Gasteiger partial charge in [0.15, 0.2) is 11.5 Å². The fourth-order valence-electron chi connectivity index (χ4n) is 7.47. The molecule has 0 unspecified atom stereocenters. The standard InChI is InChI=1S/C42H35N7/c1-25(2)28-14-6-7-16-30(28)40-46-47-41-31-21-27(23-45-39(31)38-26(3)13-12-18-34(38)49(40)41)42(4,5)36-22-35-32(24-44-36)29-15-8-9-17-33(29)48(35)37-19-10-11-20-43-37/h6-25H,1-5H3. The highest BCUT2D eigenvalue weighted by Crippen LogP contribution is 2.39. The van der Waals surface area contributed by atoms with E-state index >= 15 is 0 Å². The summed E-state index contributed by atoms with van der Waals surface area (Å²) in [6.07, 6.45) is 5.86. The van der Waals surface area contributed by atoms with Gasteiger partial charge in [0.1, 0.15) is 5.82 Å². The summed E-state index contributed by atoms with van der Waals surface area (Å²) >= 11 is 0. The van der Waals surface area contributed by atoms with Crippen LogP contribution in [0, 0.1) is 6.92 Å². The van der Waals surface area contributed by atoms with Gasteiger partial charge >= 0.3 is 0 Å². The Balaban J connectivity index is 1.28. The van der Waals surface area contributed by atoms with Gasteiger partial charge in [-0.15, -0.1) is 10.2 Å². The van der Waals surface area contributed by atoms with Crippen LogP contribution in [0.2, 0.25) is 0 Å². The third-order valence-corrected chi connectivity index (χ3v) is 10.1. The van der Waals surface area contributed by atoms with Crippen molar-refractivity contribution in [1.29, 1.82) is 0 Å². The minimum absolute atomic E-state index is 0.340. The summed E-state index contributed by atoms with van der Waals surface area (Å²) in [7, 11) is 0. The number of aromatic nitrogens is 7. The summed E-state index contributed by atoms with van der Waals surface area (Å²) < 4.78 is 4.45. The first-order valence-electron chi connectivity index (χ1n) is 16.8. The third-order valence-electron chi connectivity index (χ3n) is 10.1. The van der Waals surface area contributed by atoms with Gasteiger partial charge < -0.3 is 0 Å². The van der Waals surface area contributed by atoms with Crippen molar-refractivity contribution in [3.63, 3.8) is 0 Å². The van der Waals surface area contributed by atoms with Gasteiger partial charge in [-0.2, -0.15) is 0 Å². The van der Waals surface area contributed by atoms with Crippen molar-refractivity contribution in [2.75, 3.05) is 0 Å². The molecule has 9 aromatic rings. The lowest BCUT2D eigenvalue weighted by atomic mass is 9.81. The van der Waals surface area contributed by atoms with Crippen molar-refractivity contribution in [2.45, 2.75) is 46.0 Å². The molecule has 49 heavy (non-hydrogen) atoms. The van der Waals surface area contributed by atoms with E-state index in [2.05, 4.69) is 122 Å². The summed E-state index contributed by atoms with van der Waals surface area (Å²) in [5.41, 5.74) is 9.97. The maximum Gasteiger partial charge on any atom is 0.171 e. The molecule has 0 aliphatic carbocycles. The average molecular weight is 638 g/mol. The molecule has 0 saturated carbocycles. The summed E-state index contributed by atoms with van der Waals surface area (Å²) in [5, 5.41) is 14.0. The van der Waals surface area contributed by atoms with Crippen LogP contribution in [0.25, 0.3) is 66.5 Å². The van der Waals surface area contributed by atoms with E-state index in [1.165, 1.54) is 5.56 Å². The molecule has 238 valence electrons. The van der Waals surface area contributed by atoms with E-state index in [0.717, 1.165) is 83.3 Å². The molecule has 0 aliphatic heterocycles. The van der Waals surface area contributed by atoms with Crippen LogP contribution in [0.5, 0.6) is 0 Å². The number of para-hydroxylation sites is 1. The third kappa shape index (κ3) is 4.31. The van der Waals surface area contributed by atoms with E-state index in [1.54, 1.807) is 0 Å². The van der Waals surface area contributed by atoms with Crippen molar-refractivity contribution in [3.05, 3.63) is 138 Å². The first kappa shape index (κ1) is 29.2.